The molecule has 1 aromatic rings. The van der Waals surface area contributed by atoms with Gasteiger partial charge in [0.2, 0.25) is 0 Å². The predicted molar refractivity (Wildman–Crippen MR) is 125 cm³/mol. The van der Waals surface area contributed by atoms with E-state index in [1.165, 1.54) is 6.07 Å². The number of likely N-dealkylation sites (tertiary alicyclic amines) is 1. The van der Waals surface area contributed by atoms with Gasteiger partial charge in [0, 0.05) is 19.1 Å². The summed E-state index contributed by atoms with van der Waals surface area (Å²) in [5.74, 6) is -0.993. The van der Waals surface area contributed by atoms with Crippen LogP contribution in [0.25, 0.3) is 0 Å². The Balaban J connectivity index is 1.73. The number of rotatable bonds is 3. The lowest BCUT2D eigenvalue weighted by Gasteiger charge is -2.34. The SMILES string of the molecule is Cc1cc(B2OC(C)(C)C(C)(C)O2)cc(F)c1C(=O)N1CCC[C@@H](NC(=O)OC(C)(C)C)C1. The fourth-order valence-corrected chi connectivity index (χ4v) is 4.07. The maximum Gasteiger partial charge on any atom is 0.494 e. The Kier molecular flexibility index (Phi) is 6.88. The Morgan fingerprint density at radius 3 is 2.33 bits per heavy atom. The van der Waals surface area contributed by atoms with E-state index < -0.39 is 35.8 Å². The van der Waals surface area contributed by atoms with Gasteiger partial charge in [-0.05, 0) is 85.3 Å². The molecule has 1 N–H and O–H groups in total. The summed E-state index contributed by atoms with van der Waals surface area (Å²) in [6.45, 7) is 15.6. The lowest BCUT2D eigenvalue weighted by molar-refractivity contribution is 0.00578. The van der Waals surface area contributed by atoms with E-state index in [0.29, 0.717) is 30.5 Å². The number of nitrogens with one attached hydrogen (secondary N) is 1. The van der Waals surface area contributed by atoms with Crippen LogP contribution in [0.15, 0.2) is 12.1 Å². The topological polar surface area (TPSA) is 77.1 Å². The van der Waals surface area contributed by atoms with E-state index in [-0.39, 0.29) is 17.5 Å². The van der Waals surface area contributed by atoms with Crippen LogP contribution in [0, 0.1) is 12.7 Å². The number of piperidine rings is 1. The number of benzene rings is 1. The molecule has 3 rings (SSSR count). The number of carbonyl (C=O) groups excluding carboxylic acids is 2. The first-order chi connectivity index (χ1) is 15.1. The first-order valence-electron chi connectivity index (χ1n) is 11.5. The summed E-state index contributed by atoms with van der Waals surface area (Å²) in [5.41, 5.74) is -0.586. The number of aryl methyl sites for hydroxylation is 1. The van der Waals surface area contributed by atoms with Gasteiger partial charge in [0.05, 0.1) is 16.8 Å². The molecule has 0 unspecified atom stereocenters. The van der Waals surface area contributed by atoms with Crippen LogP contribution in [0.2, 0.25) is 0 Å². The van der Waals surface area contributed by atoms with Crippen molar-refractivity contribution in [1.29, 1.82) is 0 Å². The van der Waals surface area contributed by atoms with E-state index in [2.05, 4.69) is 5.32 Å². The maximum atomic E-state index is 15.2. The zero-order valence-electron chi connectivity index (χ0n) is 21.0. The Hall–Kier alpha value is -2.13. The van der Waals surface area contributed by atoms with Crippen molar-refractivity contribution in [3.63, 3.8) is 0 Å². The van der Waals surface area contributed by atoms with Gasteiger partial charge in [0.25, 0.3) is 5.91 Å². The molecule has 0 radical (unpaired) electrons. The summed E-state index contributed by atoms with van der Waals surface area (Å²) in [6.07, 6.45) is 0.917. The zero-order valence-corrected chi connectivity index (χ0v) is 21.0. The fraction of sp³-hybridized carbons (Fsp3) is 0.667. The molecule has 2 aliphatic rings. The molecule has 0 aliphatic carbocycles. The van der Waals surface area contributed by atoms with Gasteiger partial charge in [0.1, 0.15) is 11.4 Å². The number of hydrogen-bond acceptors (Lipinski definition) is 5. The first-order valence-corrected chi connectivity index (χ1v) is 11.5. The summed E-state index contributed by atoms with van der Waals surface area (Å²) in [5, 5.41) is 2.82. The van der Waals surface area contributed by atoms with E-state index in [1.54, 1.807) is 38.7 Å². The molecule has 1 aromatic carbocycles. The van der Waals surface area contributed by atoms with E-state index in [4.69, 9.17) is 14.0 Å². The molecular weight excluding hydrogens is 426 g/mol. The standard InChI is InChI=1S/C24H36BFN2O5/c1-15-12-16(25-32-23(5,6)24(7,8)33-25)13-18(26)19(15)20(29)28-11-9-10-17(14-28)27-21(30)31-22(2,3)4/h12-13,17H,9-11,14H2,1-8H3,(H,27,30)/t17-/m1/s1. The number of hydrogen-bond donors (Lipinski definition) is 1. The van der Waals surface area contributed by atoms with Crippen molar-refractivity contribution < 1.29 is 28.0 Å². The Labute approximate surface area is 196 Å². The number of carbonyl (C=O) groups is 2. The minimum Gasteiger partial charge on any atom is -0.444 e. The van der Waals surface area contributed by atoms with Gasteiger partial charge in [-0.3, -0.25) is 4.79 Å². The molecule has 0 saturated carbocycles. The summed E-state index contributed by atoms with van der Waals surface area (Å²) in [4.78, 5) is 26.9. The van der Waals surface area contributed by atoms with Crippen molar-refractivity contribution in [2.45, 2.75) is 91.1 Å². The number of nitrogens with zero attached hydrogens (tertiary/aromatic N) is 1. The van der Waals surface area contributed by atoms with E-state index in [9.17, 15) is 9.59 Å². The average molecular weight is 462 g/mol. The van der Waals surface area contributed by atoms with E-state index in [0.717, 1.165) is 6.42 Å². The third kappa shape index (κ3) is 5.69. The lowest BCUT2D eigenvalue weighted by Crippen LogP contribution is -2.50. The molecule has 0 spiro atoms. The molecule has 0 aromatic heterocycles. The second kappa shape index (κ2) is 8.91. The molecule has 2 fully saturated rings. The number of ether oxygens (including phenoxy) is 1. The van der Waals surface area contributed by atoms with Crippen LogP contribution in [0.1, 0.15) is 77.2 Å². The molecule has 1 atom stereocenters. The summed E-state index contributed by atoms with van der Waals surface area (Å²) >= 11 is 0. The molecule has 9 heteroatoms. The van der Waals surface area contributed by atoms with Crippen LogP contribution in [-0.4, -0.2) is 60.0 Å². The van der Waals surface area contributed by atoms with Crippen molar-refractivity contribution in [1.82, 2.24) is 10.2 Å². The zero-order chi connectivity index (χ0) is 24.8. The van der Waals surface area contributed by atoms with Crippen LogP contribution in [0.3, 0.4) is 0 Å². The normalized spacial score (nSPS) is 22.3. The average Bonchev–Trinajstić information content (AvgIpc) is 2.87. The van der Waals surface area contributed by atoms with Crippen molar-refractivity contribution in [3.05, 3.63) is 29.1 Å². The van der Waals surface area contributed by atoms with E-state index >= 15 is 4.39 Å². The van der Waals surface area contributed by atoms with Gasteiger partial charge in [-0.1, -0.05) is 6.07 Å². The maximum absolute atomic E-state index is 15.2. The number of halogens is 1. The van der Waals surface area contributed by atoms with Crippen molar-refractivity contribution in [2.24, 2.45) is 0 Å². The predicted octanol–water partition coefficient (Wildman–Crippen LogP) is 3.56. The number of alkyl carbamates (subject to hydrolysis) is 1. The molecule has 2 saturated heterocycles. The highest BCUT2D eigenvalue weighted by molar-refractivity contribution is 6.62. The molecule has 2 aliphatic heterocycles. The van der Waals surface area contributed by atoms with Crippen LogP contribution >= 0.6 is 0 Å². The molecular formula is C24H36BFN2O5. The van der Waals surface area contributed by atoms with Crippen molar-refractivity contribution in [3.8, 4) is 0 Å². The largest absolute Gasteiger partial charge is 0.494 e. The third-order valence-electron chi connectivity index (χ3n) is 6.48. The molecule has 0 bridgehead atoms. The summed E-state index contributed by atoms with van der Waals surface area (Å²) < 4.78 is 32.6. The molecule has 2 amide bonds. The highest BCUT2D eigenvalue weighted by atomic mass is 19.1. The Morgan fingerprint density at radius 2 is 1.79 bits per heavy atom. The second-order valence-corrected chi connectivity index (χ2v) is 11.0. The quantitative estimate of drug-likeness (QED) is 0.696. The lowest BCUT2D eigenvalue weighted by atomic mass is 9.77. The van der Waals surface area contributed by atoms with Gasteiger partial charge in [0.15, 0.2) is 0 Å². The Bertz CT molecular complexity index is 889. The van der Waals surface area contributed by atoms with Crippen LogP contribution in [0.5, 0.6) is 0 Å². The highest BCUT2D eigenvalue weighted by Gasteiger charge is 2.52. The van der Waals surface area contributed by atoms with Crippen LogP contribution in [-0.2, 0) is 14.0 Å². The third-order valence-corrected chi connectivity index (χ3v) is 6.48. The van der Waals surface area contributed by atoms with Crippen LogP contribution < -0.4 is 10.8 Å². The van der Waals surface area contributed by atoms with Gasteiger partial charge < -0.3 is 24.3 Å². The first kappa shape index (κ1) is 25.5. The van der Waals surface area contributed by atoms with Gasteiger partial charge >= 0.3 is 13.2 Å². The monoisotopic (exact) mass is 462 g/mol. The second-order valence-electron chi connectivity index (χ2n) is 11.0. The fourth-order valence-electron chi connectivity index (χ4n) is 4.07. The molecule has 2 heterocycles. The molecule has 33 heavy (non-hydrogen) atoms. The summed E-state index contributed by atoms with van der Waals surface area (Å²) in [7, 11) is -0.704. The highest BCUT2D eigenvalue weighted by Crippen LogP contribution is 2.36. The summed E-state index contributed by atoms with van der Waals surface area (Å²) in [6, 6.07) is 2.83. The molecule has 182 valence electrons. The Morgan fingerprint density at radius 1 is 1.18 bits per heavy atom. The minimum atomic E-state index is -0.704. The van der Waals surface area contributed by atoms with Gasteiger partial charge in [-0.15, -0.1) is 0 Å². The van der Waals surface area contributed by atoms with Crippen LogP contribution in [0.4, 0.5) is 9.18 Å². The van der Waals surface area contributed by atoms with E-state index in [1.807, 2.05) is 27.7 Å². The number of amides is 2. The minimum absolute atomic E-state index is 0.0354. The van der Waals surface area contributed by atoms with Crippen molar-refractivity contribution in [2.75, 3.05) is 13.1 Å². The van der Waals surface area contributed by atoms with Gasteiger partial charge in [-0.2, -0.15) is 0 Å². The molecule has 7 nitrogen and oxygen atoms in total. The van der Waals surface area contributed by atoms with Gasteiger partial charge in [-0.25, -0.2) is 9.18 Å². The van der Waals surface area contributed by atoms with Crippen molar-refractivity contribution >= 4 is 24.6 Å². The smallest absolute Gasteiger partial charge is 0.444 e.